The zero-order valence-corrected chi connectivity index (χ0v) is 13.9. The summed E-state index contributed by atoms with van der Waals surface area (Å²) in [7, 11) is 1.60. The van der Waals surface area contributed by atoms with Crippen LogP contribution in [-0.4, -0.2) is 19.6 Å². The van der Waals surface area contributed by atoms with E-state index >= 15 is 0 Å². The van der Waals surface area contributed by atoms with Gasteiger partial charge in [0.15, 0.2) is 0 Å². The van der Waals surface area contributed by atoms with Gasteiger partial charge >= 0.3 is 0 Å². The highest BCUT2D eigenvalue weighted by atomic mass is 35.5. The van der Waals surface area contributed by atoms with Crippen LogP contribution in [0.4, 0.5) is 0 Å². The average molecular weight is 330 g/mol. The molecular formula is C19H20ClNO2. The van der Waals surface area contributed by atoms with Gasteiger partial charge in [0.05, 0.1) is 7.11 Å². The van der Waals surface area contributed by atoms with Gasteiger partial charge in [-0.15, -0.1) is 0 Å². The number of ether oxygens (including phenoxy) is 1. The quantitative estimate of drug-likeness (QED) is 0.892. The third-order valence-electron chi connectivity index (χ3n) is 4.69. The second-order valence-corrected chi connectivity index (χ2v) is 6.49. The summed E-state index contributed by atoms with van der Waals surface area (Å²) in [4.78, 5) is 12.4. The molecule has 0 aromatic heterocycles. The predicted molar refractivity (Wildman–Crippen MR) is 92.3 cm³/mol. The van der Waals surface area contributed by atoms with Gasteiger partial charge in [-0.2, -0.15) is 0 Å². The summed E-state index contributed by atoms with van der Waals surface area (Å²) >= 11 is 5.98. The molecule has 23 heavy (non-hydrogen) atoms. The summed E-state index contributed by atoms with van der Waals surface area (Å²) < 4.78 is 5.17. The summed E-state index contributed by atoms with van der Waals surface area (Å²) in [5, 5.41) is 3.82. The molecular weight excluding hydrogens is 310 g/mol. The maximum absolute atomic E-state index is 12.4. The molecule has 0 aliphatic heterocycles. The second kappa shape index (κ2) is 6.63. The van der Waals surface area contributed by atoms with E-state index in [0.717, 1.165) is 17.9 Å². The Morgan fingerprint density at radius 3 is 2.57 bits per heavy atom. The summed E-state index contributed by atoms with van der Waals surface area (Å²) in [5.74, 6) is 0.623. The van der Waals surface area contributed by atoms with Crippen molar-refractivity contribution in [3.63, 3.8) is 0 Å². The molecule has 2 aromatic rings. The normalized spacial score (nSPS) is 15.6. The second-order valence-electron chi connectivity index (χ2n) is 6.06. The fourth-order valence-electron chi connectivity index (χ4n) is 3.09. The monoisotopic (exact) mass is 329 g/mol. The minimum atomic E-state index is -0.0656. The van der Waals surface area contributed by atoms with Gasteiger partial charge in [-0.3, -0.25) is 4.79 Å². The molecule has 0 saturated heterocycles. The Bertz CT molecular complexity index is 693. The number of carbonyl (C=O) groups is 1. The highest BCUT2D eigenvalue weighted by Gasteiger charge is 2.38. The smallest absolute Gasteiger partial charge is 0.251 e. The van der Waals surface area contributed by atoms with E-state index in [1.807, 2.05) is 24.3 Å². The van der Waals surface area contributed by atoms with Crippen molar-refractivity contribution in [1.82, 2.24) is 5.32 Å². The Balaban J connectivity index is 1.70. The van der Waals surface area contributed by atoms with Crippen molar-refractivity contribution in [2.75, 3.05) is 13.7 Å². The van der Waals surface area contributed by atoms with E-state index in [2.05, 4.69) is 17.4 Å². The molecule has 2 aromatic carbocycles. The fourth-order valence-corrected chi connectivity index (χ4v) is 3.22. The Morgan fingerprint density at radius 2 is 1.96 bits per heavy atom. The zero-order chi connectivity index (χ0) is 16.3. The van der Waals surface area contributed by atoms with Crippen LogP contribution in [0, 0.1) is 0 Å². The van der Waals surface area contributed by atoms with Crippen LogP contribution in [0.25, 0.3) is 0 Å². The van der Waals surface area contributed by atoms with Gasteiger partial charge in [0, 0.05) is 22.5 Å². The van der Waals surface area contributed by atoms with Gasteiger partial charge in [-0.05, 0) is 48.7 Å². The van der Waals surface area contributed by atoms with Crippen LogP contribution in [0.5, 0.6) is 5.75 Å². The predicted octanol–water partition coefficient (Wildman–Crippen LogP) is 4.20. The first-order valence-electron chi connectivity index (χ1n) is 7.81. The van der Waals surface area contributed by atoms with E-state index in [0.29, 0.717) is 17.9 Å². The molecule has 1 aliphatic carbocycles. The molecule has 1 aliphatic rings. The molecule has 4 heteroatoms. The standard InChI is InChI=1S/C19H20ClNO2/c1-23-17-5-2-4-14(12-17)18(22)21-13-19(10-3-11-19)15-6-8-16(20)9-7-15/h2,4-9,12H,3,10-11,13H2,1H3,(H,21,22). The minimum Gasteiger partial charge on any atom is -0.497 e. The lowest BCUT2D eigenvalue weighted by atomic mass is 9.64. The lowest BCUT2D eigenvalue weighted by molar-refractivity contribution is 0.0927. The topological polar surface area (TPSA) is 38.3 Å². The zero-order valence-electron chi connectivity index (χ0n) is 13.1. The van der Waals surface area contributed by atoms with Crippen LogP contribution in [-0.2, 0) is 5.41 Å². The Hall–Kier alpha value is -2.00. The van der Waals surface area contributed by atoms with Crippen molar-refractivity contribution in [3.05, 3.63) is 64.7 Å². The number of methoxy groups -OCH3 is 1. The molecule has 3 rings (SSSR count). The van der Waals surface area contributed by atoms with Gasteiger partial charge < -0.3 is 10.1 Å². The summed E-state index contributed by atoms with van der Waals surface area (Å²) in [6, 6.07) is 15.2. The molecule has 0 radical (unpaired) electrons. The number of rotatable bonds is 5. The first kappa shape index (κ1) is 15.9. The van der Waals surface area contributed by atoms with Crippen LogP contribution in [0.1, 0.15) is 35.2 Å². The Kier molecular flexibility index (Phi) is 4.58. The summed E-state index contributed by atoms with van der Waals surface area (Å²) in [6.07, 6.45) is 3.37. The summed E-state index contributed by atoms with van der Waals surface area (Å²) in [6.45, 7) is 0.644. The molecule has 0 spiro atoms. The van der Waals surface area contributed by atoms with Crippen LogP contribution in [0.15, 0.2) is 48.5 Å². The SMILES string of the molecule is COc1cccc(C(=O)NCC2(c3ccc(Cl)cc3)CCC2)c1. The third-order valence-corrected chi connectivity index (χ3v) is 4.94. The highest BCUT2D eigenvalue weighted by molar-refractivity contribution is 6.30. The number of nitrogens with one attached hydrogen (secondary N) is 1. The molecule has 0 bridgehead atoms. The number of benzene rings is 2. The number of carbonyl (C=O) groups excluding carboxylic acids is 1. The fraction of sp³-hybridized carbons (Fsp3) is 0.316. The molecule has 0 unspecified atom stereocenters. The van der Waals surface area contributed by atoms with Gasteiger partial charge in [0.25, 0.3) is 5.91 Å². The number of halogens is 1. The van der Waals surface area contributed by atoms with Crippen LogP contribution < -0.4 is 10.1 Å². The largest absolute Gasteiger partial charge is 0.497 e. The first-order chi connectivity index (χ1) is 11.1. The molecule has 1 saturated carbocycles. The van der Waals surface area contributed by atoms with Crippen molar-refractivity contribution in [3.8, 4) is 5.75 Å². The van der Waals surface area contributed by atoms with E-state index < -0.39 is 0 Å². The van der Waals surface area contributed by atoms with E-state index in [-0.39, 0.29) is 11.3 Å². The van der Waals surface area contributed by atoms with Gasteiger partial charge in [0.2, 0.25) is 0 Å². The lowest BCUT2D eigenvalue weighted by Gasteiger charge is -2.42. The van der Waals surface area contributed by atoms with Gasteiger partial charge in [-0.25, -0.2) is 0 Å². The summed E-state index contributed by atoms with van der Waals surface area (Å²) in [5.41, 5.74) is 1.91. The van der Waals surface area contributed by atoms with Gasteiger partial charge in [-0.1, -0.05) is 36.2 Å². The van der Waals surface area contributed by atoms with E-state index in [1.165, 1.54) is 12.0 Å². The van der Waals surface area contributed by atoms with Crippen molar-refractivity contribution in [1.29, 1.82) is 0 Å². The van der Waals surface area contributed by atoms with Crippen LogP contribution in [0.2, 0.25) is 5.02 Å². The van der Waals surface area contributed by atoms with E-state index in [9.17, 15) is 4.79 Å². The van der Waals surface area contributed by atoms with E-state index in [4.69, 9.17) is 16.3 Å². The molecule has 1 fully saturated rings. The minimum absolute atomic E-state index is 0.0408. The molecule has 0 heterocycles. The maximum atomic E-state index is 12.4. The molecule has 1 N–H and O–H groups in total. The van der Waals surface area contributed by atoms with Crippen LogP contribution >= 0.6 is 11.6 Å². The molecule has 3 nitrogen and oxygen atoms in total. The maximum Gasteiger partial charge on any atom is 0.251 e. The highest BCUT2D eigenvalue weighted by Crippen LogP contribution is 2.43. The van der Waals surface area contributed by atoms with Crippen LogP contribution in [0.3, 0.4) is 0 Å². The first-order valence-corrected chi connectivity index (χ1v) is 8.19. The number of hydrogen-bond acceptors (Lipinski definition) is 2. The van der Waals surface area contributed by atoms with Crippen molar-refractivity contribution >= 4 is 17.5 Å². The van der Waals surface area contributed by atoms with E-state index in [1.54, 1.807) is 19.2 Å². The molecule has 120 valence electrons. The van der Waals surface area contributed by atoms with Crippen molar-refractivity contribution < 1.29 is 9.53 Å². The third kappa shape index (κ3) is 3.35. The van der Waals surface area contributed by atoms with Gasteiger partial charge in [0.1, 0.15) is 5.75 Å². The van der Waals surface area contributed by atoms with Crippen molar-refractivity contribution in [2.24, 2.45) is 0 Å². The Labute approximate surface area is 141 Å². The lowest BCUT2D eigenvalue weighted by Crippen LogP contribution is -2.45. The average Bonchev–Trinajstić information content (AvgIpc) is 2.55. The molecule has 1 amide bonds. The number of amides is 1. The molecule has 0 atom stereocenters. The van der Waals surface area contributed by atoms with Crippen molar-refractivity contribution in [2.45, 2.75) is 24.7 Å². The number of hydrogen-bond donors (Lipinski definition) is 1. The Morgan fingerprint density at radius 1 is 1.22 bits per heavy atom.